The average molecular weight is 288 g/mol. The predicted octanol–water partition coefficient (Wildman–Crippen LogP) is 3.24. The van der Waals surface area contributed by atoms with Gasteiger partial charge in [0.2, 0.25) is 0 Å². The molecule has 18 heavy (non-hydrogen) atoms. The van der Waals surface area contributed by atoms with E-state index < -0.39 is 0 Å². The molecule has 1 aromatic heterocycles. The van der Waals surface area contributed by atoms with Gasteiger partial charge < -0.3 is 5.32 Å². The van der Waals surface area contributed by atoms with Crippen LogP contribution >= 0.6 is 23.4 Å². The van der Waals surface area contributed by atoms with Gasteiger partial charge in [0.05, 0.1) is 16.4 Å². The van der Waals surface area contributed by atoms with E-state index >= 15 is 0 Å². The molecule has 0 amide bonds. The first kappa shape index (κ1) is 14.2. The second-order valence-electron chi connectivity index (χ2n) is 4.91. The molecule has 2 rings (SSSR count). The van der Waals surface area contributed by atoms with Crippen molar-refractivity contribution in [2.45, 2.75) is 57.5 Å². The van der Waals surface area contributed by atoms with Crippen LogP contribution in [-0.4, -0.2) is 27.3 Å². The molecule has 0 spiro atoms. The summed E-state index contributed by atoms with van der Waals surface area (Å²) in [5.74, 6) is 0. The molecule has 0 aromatic carbocycles. The van der Waals surface area contributed by atoms with Gasteiger partial charge in [-0.2, -0.15) is 16.9 Å². The number of halogens is 1. The summed E-state index contributed by atoms with van der Waals surface area (Å²) in [7, 11) is 0. The number of rotatable bonds is 5. The second-order valence-corrected chi connectivity index (χ2v) is 6.43. The van der Waals surface area contributed by atoms with E-state index in [1.165, 1.54) is 19.3 Å². The van der Waals surface area contributed by atoms with Crippen molar-refractivity contribution in [2.24, 2.45) is 0 Å². The van der Waals surface area contributed by atoms with Crippen LogP contribution in [0.3, 0.4) is 0 Å². The van der Waals surface area contributed by atoms with E-state index in [-0.39, 0.29) is 0 Å². The molecule has 0 bridgehead atoms. The SMILES string of the molecule is CCn1nc(C)c(Cl)c1CNC1CCC(SC)C1. The Morgan fingerprint density at radius 3 is 2.89 bits per heavy atom. The fourth-order valence-electron chi connectivity index (χ4n) is 2.62. The summed E-state index contributed by atoms with van der Waals surface area (Å²) in [6, 6.07) is 0.638. The largest absolute Gasteiger partial charge is 0.308 e. The highest BCUT2D eigenvalue weighted by Crippen LogP contribution is 2.28. The minimum Gasteiger partial charge on any atom is -0.308 e. The van der Waals surface area contributed by atoms with E-state index in [1.54, 1.807) is 0 Å². The third-order valence-corrected chi connectivity index (χ3v) is 5.32. The number of hydrogen-bond acceptors (Lipinski definition) is 3. The van der Waals surface area contributed by atoms with Gasteiger partial charge in [0.15, 0.2) is 0 Å². The van der Waals surface area contributed by atoms with Gasteiger partial charge >= 0.3 is 0 Å². The van der Waals surface area contributed by atoms with Gasteiger partial charge in [-0.3, -0.25) is 4.68 Å². The number of aromatic nitrogens is 2. The summed E-state index contributed by atoms with van der Waals surface area (Å²) in [5.41, 5.74) is 2.06. The van der Waals surface area contributed by atoms with Crippen LogP contribution < -0.4 is 5.32 Å². The number of aryl methyl sites for hydroxylation is 2. The van der Waals surface area contributed by atoms with Crippen LogP contribution in [0.15, 0.2) is 0 Å². The normalized spacial score (nSPS) is 23.8. The molecule has 1 aliphatic rings. The van der Waals surface area contributed by atoms with Crippen LogP contribution in [0.4, 0.5) is 0 Å². The maximum absolute atomic E-state index is 6.31. The molecule has 3 nitrogen and oxygen atoms in total. The van der Waals surface area contributed by atoms with E-state index in [1.807, 2.05) is 23.4 Å². The topological polar surface area (TPSA) is 29.9 Å². The Morgan fingerprint density at radius 2 is 2.28 bits per heavy atom. The minimum absolute atomic E-state index is 0.638. The second kappa shape index (κ2) is 6.31. The number of nitrogens with zero attached hydrogens (tertiary/aromatic N) is 2. The molecule has 1 aromatic rings. The molecule has 5 heteroatoms. The van der Waals surface area contributed by atoms with E-state index in [9.17, 15) is 0 Å². The lowest BCUT2D eigenvalue weighted by Gasteiger charge is -2.13. The average Bonchev–Trinajstić information content (AvgIpc) is 2.94. The summed E-state index contributed by atoms with van der Waals surface area (Å²) in [5, 5.41) is 9.73. The van der Waals surface area contributed by atoms with Crippen LogP contribution in [0, 0.1) is 6.92 Å². The zero-order chi connectivity index (χ0) is 13.1. The first-order chi connectivity index (χ1) is 8.65. The van der Waals surface area contributed by atoms with Crippen molar-refractivity contribution in [1.29, 1.82) is 0 Å². The fourth-order valence-corrected chi connectivity index (χ4v) is 3.62. The van der Waals surface area contributed by atoms with Crippen molar-refractivity contribution in [3.05, 3.63) is 16.4 Å². The molecule has 0 radical (unpaired) electrons. The lowest BCUT2D eigenvalue weighted by atomic mass is 10.2. The van der Waals surface area contributed by atoms with Crippen LogP contribution in [-0.2, 0) is 13.1 Å². The van der Waals surface area contributed by atoms with Crippen molar-refractivity contribution in [1.82, 2.24) is 15.1 Å². The summed E-state index contributed by atoms with van der Waals surface area (Å²) >= 11 is 8.30. The van der Waals surface area contributed by atoms with Crippen molar-refractivity contribution < 1.29 is 0 Å². The molecule has 1 fully saturated rings. The monoisotopic (exact) mass is 287 g/mol. The van der Waals surface area contributed by atoms with Gasteiger partial charge in [-0.25, -0.2) is 0 Å². The minimum atomic E-state index is 0.638. The molecule has 102 valence electrons. The molecule has 0 saturated heterocycles. The summed E-state index contributed by atoms with van der Waals surface area (Å²) in [6.45, 7) is 5.78. The molecule has 1 N–H and O–H groups in total. The van der Waals surface area contributed by atoms with E-state index in [0.29, 0.717) is 6.04 Å². The maximum Gasteiger partial charge on any atom is 0.0860 e. The number of thioether (sulfide) groups is 1. The zero-order valence-corrected chi connectivity index (χ0v) is 12.9. The quantitative estimate of drug-likeness (QED) is 0.902. The highest BCUT2D eigenvalue weighted by molar-refractivity contribution is 7.99. The Kier molecular flexibility index (Phi) is 4.98. The van der Waals surface area contributed by atoms with Crippen LogP contribution in [0.5, 0.6) is 0 Å². The lowest BCUT2D eigenvalue weighted by Crippen LogP contribution is -2.27. The molecule has 1 aliphatic carbocycles. The Bertz CT molecular complexity index is 405. The fraction of sp³-hybridized carbons (Fsp3) is 0.769. The number of hydrogen-bond donors (Lipinski definition) is 1. The zero-order valence-electron chi connectivity index (χ0n) is 11.4. The van der Waals surface area contributed by atoms with Crippen LogP contribution in [0.1, 0.15) is 37.6 Å². The molecule has 2 unspecified atom stereocenters. The highest BCUT2D eigenvalue weighted by Gasteiger charge is 2.24. The molecule has 1 saturated carbocycles. The number of nitrogens with one attached hydrogen (secondary N) is 1. The van der Waals surface area contributed by atoms with Gasteiger partial charge in [-0.1, -0.05) is 11.6 Å². The van der Waals surface area contributed by atoms with Gasteiger partial charge in [0.25, 0.3) is 0 Å². The van der Waals surface area contributed by atoms with Crippen molar-refractivity contribution >= 4 is 23.4 Å². The van der Waals surface area contributed by atoms with Gasteiger partial charge in [0, 0.05) is 24.4 Å². The summed E-state index contributed by atoms with van der Waals surface area (Å²) in [4.78, 5) is 0. The Morgan fingerprint density at radius 1 is 1.50 bits per heavy atom. The van der Waals surface area contributed by atoms with Crippen molar-refractivity contribution in [3.63, 3.8) is 0 Å². The Hall–Kier alpha value is -0.190. The summed E-state index contributed by atoms with van der Waals surface area (Å²) in [6.07, 6.45) is 6.10. The van der Waals surface area contributed by atoms with E-state index in [0.717, 1.165) is 34.7 Å². The van der Waals surface area contributed by atoms with Gasteiger partial charge in [-0.15, -0.1) is 0 Å². The first-order valence-corrected chi connectivity index (χ1v) is 8.30. The standard InChI is InChI=1S/C13H22ClN3S/c1-4-17-12(13(14)9(2)16-17)8-15-10-5-6-11(7-10)18-3/h10-11,15H,4-8H2,1-3H3. The molecule has 2 atom stereocenters. The molecule has 1 heterocycles. The smallest absolute Gasteiger partial charge is 0.0860 e. The molecular weight excluding hydrogens is 266 g/mol. The third kappa shape index (κ3) is 3.03. The van der Waals surface area contributed by atoms with Crippen LogP contribution in [0.25, 0.3) is 0 Å². The van der Waals surface area contributed by atoms with E-state index in [2.05, 4.69) is 23.6 Å². The van der Waals surface area contributed by atoms with E-state index in [4.69, 9.17) is 11.6 Å². The van der Waals surface area contributed by atoms with Crippen LogP contribution in [0.2, 0.25) is 5.02 Å². The Labute approximate surface area is 119 Å². The predicted molar refractivity (Wildman–Crippen MR) is 79.4 cm³/mol. The third-order valence-electron chi connectivity index (χ3n) is 3.73. The lowest BCUT2D eigenvalue weighted by molar-refractivity contribution is 0.499. The van der Waals surface area contributed by atoms with Crippen molar-refractivity contribution in [2.75, 3.05) is 6.26 Å². The summed E-state index contributed by atoms with van der Waals surface area (Å²) < 4.78 is 2.01. The maximum atomic E-state index is 6.31. The Balaban J connectivity index is 1.94. The van der Waals surface area contributed by atoms with Crippen molar-refractivity contribution in [3.8, 4) is 0 Å². The highest BCUT2D eigenvalue weighted by atomic mass is 35.5. The van der Waals surface area contributed by atoms with Gasteiger partial charge in [-0.05, 0) is 39.4 Å². The first-order valence-electron chi connectivity index (χ1n) is 6.63. The molecular formula is C13H22ClN3S. The van der Waals surface area contributed by atoms with Gasteiger partial charge in [0.1, 0.15) is 0 Å². The molecule has 0 aliphatic heterocycles.